The van der Waals surface area contributed by atoms with Crippen molar-refractivity contribution in [2.24, 2.45) is 0 Å². The third-order valence-electron chi connectivity index (χ3n) is 5.38. The smallest absolute Gasteiger partial charge is 0.297 e. The molecule has 5 rings (SSSR count). The molecule has 0 radical (unpaired) electrons. The van der Waals surface area contributed by atoms with Gasteiger partial charge in [0.1, 0.15) is 11.1 Å². The number of ether oxygens (including phenoxy) is 2. The molecule has 2 aromatic heterocycles. The van der Waals surface area contributed by atoms with Gasteiger partial charge in [-0.1, -0.05) is 29.0 Å². The van der Waals surface area contributed by atoms with Crippen LogP contribution < -0.4 is 19.8 Å². The van der Waals surface area contributed by atoms with Crippen molar-refractivity contribution in [1.29, 1.82) is 0 Å². The number of fused-ring (bicyclic) bond motifs is 2. The van der Waals surface area contributed by atoms with Gasteiger partial charge in [-0.15, -0.1) is 10.2 Å². The second kappa shape index (κ2) is 7.76. The fourth-order valence-electron chi connectivity index (χ4n) is 4.00. The molecule has 1 atom stereocenters. The number of hydrogen-bond donors (Lipinski definition) is 0. The molecule has 9 heteroatoms. The Morgan fingerprint density at radius 1 is 1.16 bits per heavy atom. The summed E-state index contributed by atoms with van der Waals surface area (Å²) in [6, 6.07) is 9.94. The van der Waals surface area contributed by atoms with Gasteiger partial charge >= 0.3 is 0 Å². The van der Waals surface area contributed by atoms with Crippen molar-refractivity contribution in [3.05, 3.63) is 74.6 Å². The Morgan fingerprint density at radius 2 is 2.00 bits per heavy atom. The number of benzene rings is 2. The van der Waals surface area contributed by atoms with Gasteiger partial charge in [-0.05, 0) is 43.7 Å². The van der Waals surface area contributed by atoms with Crippen LogP contribution in [0, 0.1) is 6.92 Å². The molecule has 0 saturated carbocycles. The number of nitrogens with zero attached hydrogens (tertiary/aromatic N) is 3. The summed E-state index contributed by atoms with van der Waals surface area (Å²) in [5.74, 6) is 0.656. The Hall–Kier alpha value is -3.72. The van der Waals surface area contributed by atoms with E-state index in [1.54, 1.807) is 31.4 Å². The van der Waals surface area contributed by atoms with E-state index in [1.165, 1.54) is 21.7 Å². The molecule has 1 unspecified atom stereocenters. The van der Waals surface area contributed by atoms with E-state index in [2.05, 4.69) is 10.2 Å². The van der Waals surface area contributed by atoms with Gasteiger partial charge in [0.2, 0.25) is 10.9 Å². The minimum absolute atomic E-state index is 0.0133. The zero-order valence-electron chi connectivity index (χ0n) is 17.6. The van der Waals surface area contributed by atoms with Crippen LogP contribution in [0.3, 0.4) is 0 Å². The normalized spacial score (nSPS) is 15.3. The summed E-state index contributed by atoms with van der Waals surface area (Å²) in [5.41, 5.74) is 3.53. The molecule has 0 bridgehead atoms. The van der Waals surface area contributed by atoms with Crippen LogP contribution in [0.2, 0.25) is 0 Å². The average Bonchev–Trinajstić information content (AvgIpc) is 3.41. The average molecular weight is 449 g/mol. The van der Waals surface area contributed by atoms with Crippen LogP contribution in [-0.4, -0.2) is 29.8 Å². The standard InChI is InChI=1S/C23H19N3O5S/c1-4-30-16-8-6-13(10-17(16)29-3)19-18-20(27)14-9-12(2)5-7-15(14)31-21(18)22(28)26(19)23-25-24-11-32-23/h5-11,19H,4H2,1-3H3. The first-order valence-electron chi connectivity index (χ1n) is 10.0. The van der Waals surface area contributed by atoms with Gasteiger partial charge in [-0.25, -0.2) is 0 Å². The number of aromatic nitrogens is 2. The Balaban J connectivity index is 1.78. The van der Waals surface area contributed by atoms with Crippen molar-refractivity contribution in [1.82, 2.24) is 10.2 Å². The van der Waals surface area contributed by atoms with Crippen molar-refractivity contribution in [3.63, 3.8) is 0 Å². The van der Waals surface area contributed by atoms with E-state index in [0.717, 1.165) is 5.56 Å². The molecule has 32 heavy (non-hydrogen) atoms. The fraction of sp³-hybridized carbons (Fsp3) is 0.217. The maximum atomic E-state index is 13.6. The minimum Gasteiger partial charge on any atom is -0.493 e. The Morgan fingerprint density at radius 3 is 2.72 bits per heavy atom. The van der Waals surface area contributed by atoms with Crippen LogP contribution in [0.1, 0.15) is 40.2 Å². The van der Waals surface area contributed by atoms with E-state index in [-0.39, 0.29) is 16.8 Å². The highest BCUT2D eigenvalue weighted by atomic mass is 32.1. The lowest BCUT2D eigenvalue weighted by molar-refractivity contribution is 0.0970. The van der Waals surface area contributed by atoms with Crippen molar-refractivity contribution >= 4 is 33.3 Å². The summed E-state index contributed by atoms with van der Waals surface area (Å²) >= 11 is 1.21. The Labute approximate surface area is 187 Å². The lowest BCUT2D eigenvalue weighted by atomic mass is 9.98. The van der Waals surface area contributed by atoms with Crippen LogP contribution >= 0.6 is 11.3 Å². The van der Waals surface area contributed by atoms with E-state index in [0.29, 0.717) is 39.8 Å². The van der Waals surface area contributed by atoms with Gasteiger partial charge in [-0.3, -0.25) is 14.5 Å². The largest absolute Gasteiger partial charge is 0.493 e. The van der Waals surface area contributed by atoms with E-state index < -0.39 is 11.9 Å². The quantitative estimate of drug-likeness (QED) is 0.452. The predicted molar refractivity (Wildman–Crippen MR) is 120 cm³/mol. The third kappa shape index (κ3) is 3.04. The van der Waals surface area contributed by atoms with Crippen LogP contribution in [0.4, 0.5) is 5.13 Å². The summed E-state index contributed by atoms with van der Waals surface area (Å²) in [6.07, 6.45) is 0. The lowest BCUT2D eigenvalue weighted by Crippen LogP contribution is -2.29. The summed E-state index contributed by atoms with van der Waals surface area (Å²) < 4.78 is 17.1. The van der Waals surface area contributed by atoms with Gasteiger partial charge in [-0.2, -0.15) is 0 Å². The van der Waals surface area contributed by atoms with E-state index >= 15 is 0 Å². The van der Waals surface area contributed by atoms with Crippen LogP contribution in [0.5, 0.6) is 11.5 Å². The number of methoxy groups -OCH3 is 1. The molecule has 162 valence electrons. The molecule has 0 spiro atoms. The summed E-state index contributed by atoms with van der Waals surface area (Å²) in [5, 5.41) is 8.76. The highest BCUT2D eigenvalue weighted by Crippen LogP contribution is 2.43. The molecule has 0 fully saturated rings. The summed E-state index contributed by atoms with van der Waals surface area (Å²) in [6.45, 7) is 4.26. The van der Waals surface area contributed by atoms with Crippen LogP contribution in [0.25, 0.3) is 11.0 Å². The molecule has 1 aliphatic heterocycles. The summed E-state index contributed by atoms with van der Waals surface area (Å²) in [7, 11) is 1.54. The number of carbonyl (C=O) groups is 1. The second-order valence-corrected chi connectivity index (χ2v) is 8.13. The van der Waals surface area contributed by atoms with Gasteiger partial charge in [0.05, 0.1) is 30.7 Å². The lowest BCUT2D eigenvalue weighted by Gasteiger charge is -2.23. The predicted octanol–water partition coefficient (Wildman–Crippen LogP) is 4.11. The molecular formula is C23H19N3O5S. The number of hydrogen-bond acceptors (Lipinski definition) is 8. The highest BCUT2D eigenvalue weighted by Gasteiger charge is 2.45. The van der Waals surface area contributed by atoms with Crippen molar-refractivity contribution < 1.29 is 18.7 Å². The van der Waals surface area contributed by atoms with Gasteiger partial charge < -0.3 is 13.9 Å². The number of carbonyl (C=O) groups excluding carboxylic acids is 1. The van der Waals surface area contributed by atoms with Gasteiger partial charge in [0, 0.05) is 0 Å². The van der Waals surface area contributed by atoms with Gasteiger partial charge in [0.25, 0.3) is 5.91 Å². The molecule has 0 saturated heterocycles. The molecular weight excluding hydrogens is 430 g/mol. The maximum Gasteiger partial charge on any atom is 0.297 e. The summed E-state index contributed by atoms with van der Waals surface area (Å²) in [4.78, 5) is 28.5. The van der Waals surface area contributed by atoms with Crippen LogP contribution in [0.15, 0.2) is 51.1 Å². The highest BCUT2D eigenvalue weighted by molar-refractivity contribution is 7.13. The first-order valence-corrected chi connectivity index (χ1v) is 10.9. The van der Waals surface area contributed by atoms with E-state index in [4.69, 9.17) is 13.9 Å². The SMILES string of the molecule is CCOc1ccc(C2c3c(oc4ccc(C)cc4c3=O)C(=O)N2c2nncs2)cc1OC. The Bertz CT molecular complexity index is 1400. The molecule has 1 aliphatic rings. The molecule has 4 aromatic rings. The Kier molecular flexibility index (Phi) is 4.90. The van der Waals surface area contributed by atoms with Crippen molar-refractivity contribution in [3.8, 4) is 11.5 Å². The monoisotopic (exact) mass is 449 g/mol. The number of amides is 1. The number of anilines is 1. The van der Waals surface area contributed by atoms with Crippen molar-refractivity contribution in [2.75, 3.05) is 18.6 Å². The first-order chi connectivity index (χ1) is 15.5. The second-order valence-electron chi connectivity index (χ2n) is 7.32. The number of aryl methyl sites for hydroxylation is 1. The first kappa shape index (κ1) is 20.2. The zero-order valence-corrected chi connectivity index (χ0v) is 18.4. The van der Waals surface area contributed by atoms with Crippen molar-refractivity contribution in [2.45, 2.75) is 19.9 Å². The minimum atomic E-state index is -0.740. The van der Waals surface area contributed by atoms with E-state index in [9.17, 15) is 9.59 Å². The van der Waals surface area contributed by atoms with E-state index in [1.807, 2.05) is 26.0 Å². The molecule has 3 heterocycles. The molecule has 2 aromatic carbocycles. The molecule has 0 N–H and O–H groups in total. The van der Waals surface area contributed by atoms with Crippen LogP contribution in [-0.2, 0) is 0 Å². The molecule has 0 aliphatic carbocycles. The molecule has 1 amide bonds. The fourth-order valence-corrected chi connectivity index (χ4v) is 4.59. The van der Waals surface area contributed by atoms with Gasteiger partial charge in [0.15, 0.2) is 16.9 Å². The third-order valence-corrected chi connectivity index (χ3v) is 6.07. The zero-order chi connectivity index (χ0) is 22.4. The molecule has 8 nitrogen and oxygen atoms in total. The topological polar surface area (TPSA) is 94.8 Å². The number of rotatable bonds is 5. The maximum absolute atomic E-state index is 13.6.